The van der Waals surface area contributed by atoms with Crippen LogP contribution in [0.25, 0.3) is 6.08 Å². The van der Waals surface area contributed by atoms with Crippen molar-refractivity contribution >= 4 is 33.8 Å². The molecular formula is C39H52N6O8S. The van der Waals surface area contributed by atoms with Crippen molar-refractivity contribution in [2.24, 2.45) is 7.05 Å². The zero-order chi connectivity index (χ0) is 38.9. The van der Waals surface area contributed by atoms with Crippen LogP contribution in [0.15, 0.2) is 46.9 Å². The Morgan fingerprint density at radius 3 is 2.50 bits per heavy atom. The molecule has 1 saturated heterocycles. The van der Waals surface area contributed by atoms with Crippen LogP contribution >= 0.6 is 0 Å². The SMILES string of the molecule is CCOC(=O)CC(C1=Cc2nnn(C)c2C(OC)C1)c1ccc(C)c(CN2C[C@@H](C)Oc3cc(N4CCN(C(=O)OC(C)(C)C)CC4)ccc3S2(=O)=O)c1. The van der Waals surface area contributed by atoms with Gasteiger partial charge in [-0.05, 0) is 76.4 Å². The van der Waals surface area contributed by atoms with E-state index in [1.54, 1.807) is 41.8 Å². The van der Waals surface area contributed by atoms with E-state index in [-0.39, 0.29) is 55.1 Å². The van der Waals surface area contributed by atoms with E-state index in [0.29, 0.717) is 44.0 Å². The van der Waals surface area contributed by atoms with Gasteiger partial charge in [-0.15, -0.1) is 5.10 Å². The minimum atomic E-state index is -3.97. The first-order chi connectivity index (χ1) is 25.6. The quantitative estimate of drug-likeness (QED) is 0.260. The number of aryl methyl sites for hydroxylation is 2. The molecule has 1 fully saturated rings. The summed E-state index contributed by atoms with van der Waals surface area (Å²) >= 11 is 0. The van der Waals surface area contributed by atoms with Crippen molar-refractivity contribution in [1.82, 2.24) is 24.2 Å². The maximum Gasteiger partial charge on any atom is 0.410 e. The highest BCUT2D eigenvalue weighted by molar-refractivity contribution is 7.89. The number of benzene rings is 2. The molecule has 0 saturated carbocycles. The summed E-state index contributed by atoms with van der Waals surface area (Å²) in [6.07, 6.45) is 1.55. The molecule has 0 radical (unpaired) electrons. The van der Waals surface area contributed by atoms with Crippen molar-refractivity contribution in [2.75, 3.05) is 51.3 Å². The van der Waals surface area contributed by atoms with Gasteiger partial charge >= 0.3 is 12.1 Å². The number of piperazine rings is 1. The van der Waals surface area contributed by atoms with Gasteiger partial charge in [-0.1, -0.05) is 29.0 Å². The molecule has 15 heteroatoms. The van der Waals surface area contributed by atoms with Crippen LogP contribution in [0.3, 0.4) is 0 Å². The van der Waals surface area contributed by atoms with Crippen molar-refractivity contribution in [3.05, 3.63) is 70.0 Å². The first-order valence-electron chi connectivity index (χ1n) is 18.5. The average Bonchev–Trinajstić information content (AvgIpc) is 3.46. The molecule has 3 heterocycles. The molecule has 0 spiro atoms. The van der Waals surface area contributed by atoms with E-state index in [1.807, 2.05) is 65.9 Å². The highest BCUT2D eigenvalue weighted by Gasteiger charge is 2.36. The van der Waals surface area contributed by atoms with Gasteiger partial charge in [0.1, 0.15) is 34.1 Å². The molecule has 1 amide bonds. The number of nitrogens with zero attached hydrogens (tertiary/aromatic N) is 6. The lowest BCUT2D eigenvalue weighted by Crippen LogP contribution is -2.50. The Balaban J connectivity index is 1.25. The van der Waals surface area contributed by atoms with E-state index >= 15 is 0 Å². The Kier molecular flexibility index (Phi) is 11.4. The van der Waals surface area contributed by atoms with Crippen molar-refractivity contribution in [2.45, 2.75) is 89.6 Å². The lowest BCUT2D eigenvalue weighted by atomic mass is 9.81. The molecule has 2 unspecified atom stereocenters. The van der Waals surface area contributed by atoms with Crippen LogP contribution in [-0.4, -0.2) is 103 Å². The number of aromatic nitrogens is 3. The van der Waals surface area contributed by atoms with Gasteiger partial charge in [0.25, 0.3) is 0 Å². The van der Waals surface area contributed by atoms with E-state index < -0.39 is 21.7 Å². The molecule has 3 aliphatic rings. The Morgan fingerprint density at radius 2 is 1.81 bits per heavy atom. The van der Waals surface area contributed by atoms with Gasteiger partial charge in [-0.2, -0.15) is 4.31 Å². The summed E-state index contributed by atoms with van der Waals surface area (Å²) in [5.41, 5.74) is 5.38. The summed E-state index contributed by atoms with van der Waals surface area (Å²) in [5.74, 6) is -0.381. The fourth-order valence-electron chi connectivity index (χ4n) is 7.36. The molecular weight excluding hydrogens is 713 g/mol. The van der Waals surface area contributed by atoms with E-state index in [2.05, 4.69) is 15.2 Å². The number of carbonyl (C=O) groups excluding carboxylic acids is 2. The molecule has 0 bridgehead atoms. The van der Waals surface area contributed by atoms with E-state index in [9.17, 15) is 18.0 Å². The number of fused-ring (bicyclic) bond motifs is 2. The largest absolute Gasteiger partial charge is 0.488 e. The van der Waals surface area contributed by atoms with E-state index in [4.69, 9.17) is 18.9 Å². The summed E-state index contributed by atoms with van der Waals surface area (Å²) in [6.45, 7) is 13.8. The molecule has 14 nitrogen and oxygen atoms in total. The molecule has 3 aromatic rings. The molecule has 3 atom stereocenters. The van der Waals surface area contributed by atoms with Crippen LogP contribution in [0.1, 0.15) is 87.6 Å². The third kappa shape index (κ3) is 8.42. The van der Waals surface area contributed by atoms with Gasteiger partial charge in [-0.3, -0.25) is 4.79 Å². The number of hydrogen-bond acceptors (Lipinski definition) is 11. The summed E-state index contributed by atoms with van der Waals surface area (Å²) in [4.78, 5) is 29.5. The number of ether oxygens (including phenoxy) is 4. The number of carbonyl (C=O) groups is 2. The fourth-order valence-corrected chi connectivity index (χ4v) is 8.95. The highest BCUT2D eigenvalue weighted by Crippen LogP contribution is 2.42. The molecule has 6 rings (SSSR count). The monoisotopic (exact) mass is 764 g/mol. The topological polar surface area (TPSA) is 146 Å². The summed E-state index contributed by atoms with van der Waals surface area (Å²) in [7, 11) is -0.495. The number of esters is 1. The molecule has 1 aliphatic carbocycles. The molecule has 1 aromatic heterocycles. The predicted molar refractivity (Wildman–Crippen MR) is 203 cm³/mol. The number of methoxy groups -OCH3 is 1. The normalized spacial score (nSPS) is 20.6. The third-order valence-electron chi connectivity index (χ3n) is 10.1. The minimum absolute atomic E-state index is 0.104. The Hall–Kier alpha value is -4.47. The van der Waals surface area contributed by atoms with Gasteiger partial charge in [-0.25, -0.2) is 17.9 Å². The van der Waals surface area contributed by atoms with E-state index in [1.165, 1.54) is 4.31 Å². The molecule has 2 aliphatic heterocycles. The summed E-state index contributed by atoms with van der Waals surface area (Å²) in [5, 5.41) is 8.53. The van der Waals surface area contributed by atoms with E-state index in [0.717, 1.165) is 33.6 Å². The zero-order valence-corrected chi connectivity index (χ0v) is 33.3. The van der Waals surface area contributed by atoms with Gasteiger partial charge < -0.3 is 28.7 Å². The molecule has 0 N–H and O–H groups in total. The maximum absolute atomic E-state index is 14.4. The van der Waals surface area contributed by atoms with Crippen molar-refractivity contribution < 1.29 is 37.0 Å². The number of anilines is 1. The van der Waals surface area contributed by atoms with Crippen LogP contribution in [0.5, 0.6) is 5.75 Å². The minimum Gasteiger partial charge on any atom is -0.488 e. The van der Waals surface area contributed by atoms with Crippen LogP contribution in [0.4, 0.5) is 10.5 Å². The van der Waals surface area contributed by atoms with Crippen LogP contribution < -0.4 is 9.64 Å². The zero-order valence-electron chi connectivity index (χ0n) is 32.5. The van der Waals surface area contributed by atoms with Crippen LogP contribution in [0.2, 0.25) is 0 Å². The van der Waals surface area contributed by atoms with Crippen molar-refractivity contribution in [3.63, 3.8) is 0 Å². The number of rotatable bonds is 9. The first-order valence-corrected chi connectivity index (χ1v) is 19.9. The summed E-state index contributed by atoms with van der Waals surface area (Å²) < 4.78 is 54.9. The lowest BCUT2D eigenvalue weighted by molar-refractivity contribution is -0.143. The van der Waals surface area contributed by atoms with Crippen molar-refractivity contribution in [1.29, 1.82) is 0 Å². The van der Waals surface area contributed by atoms with Gasteiger partial charge in [0.2, 0.25) is 10.0 Å². The van der Waals surface area contributed by atoms with Gasteiger partial charge in [0.15, 0.2) is 0 Å². The summed E-state index contributed by atoms with van der Waals surface area (Å²) in [6, 6.07) is 11.2. The number of sulfonamides is 1. The second kappa shape index (κ2) is 15.7. The Morgan fingerprint density at radius 1 is 1.07 bits per heavy atom. The Labute approximate surface area is 318 Å². The second-order valence-electron chi connectivity index (χ2n) is 15.2. The predicted octanol–water partition coefficient (Wildman–Crippen LogP) is 5.36. The fraction of sp³-hybridized carbons (Fsp3) is 0.538. The smallest absolute Gasteiger partial charge is 0.410 e. The molecule has 54 heavy (non-hydrogen) atoms. The molecule has 292 valence electrons. The van der Waals surface area contributed by atoms with Gasteiger partial charge in [0, 0.05) is 71.0 Å². The van der Waals surface area contributed by atoms with Crippen molar-refractivity contribution in [3.8, 4) is 5.75 Å². The third-order valence-corrected chi connectivity index (χ3v) is 12.0. The van der Waals surface area contributed by atoms with Crippen LogP contribution in [-0.2, 0) is 42.6 Å². The lowest BCUT2D eigenvalue weighted by Gasteiger charge is -2.37. The number of amides is 1. The second-order valence-corrected chi connectivity index (χ2v) is 17.1. The maximum atomic E-state index is 14.4. The standard InChI is InChI=1S/C39H52N6O8S/c1-9-51-36(46)22-31(28-19-32-37(34(20-28)50-8)42(7)41-40-32)27-11-10-25(2)29(18-27)24-45-23-26(3)52-33-21-30(12-13-35(33)54(45,48)49)43-14-16-44(17-15-43)38(47)53-39(4,5)6/h10-13,18-19,21,26,31,34H,9,14-17,20,22-24H2,1-8H3/t26-,31?,34?/m1/s1. The Bertz CT molecular complexity index is 2010. The van der Waals surface area contributed by atoms with Crippen LogP contribution in [0, 0.1) is 6.92 Å². The first kappa shape index (κ1) is 39.2. The highest BCUT2D eigenvalue weighted by atomic mass is 32.2. The van der Waals surface area contributed by atoms with Gasteiger partial charge in [0.05, 0.1) is 25.3 Å². The average molecular weight is 765 g/mol. The molecule has 2 aromatic carbocycles. The number of hydrogen-bond donors (Lipinski definition) is 0.